The first-order chi connectivity index (χ1) is 5.96. The van der Waals surface area contributed by atoms with Crippen LogP contribution in [-0.4, -0.2) is 37.2 Å². The standard InChI is InChI=1S/C10H20N2O/c1-10(2,12(3)4)9(11)8-6-5-7-13-8/h6,9H,5,7,11H2,1-4H3. The van der Waals surface area contributed by atoms with Crippen molar-refractivity contribution in [3.8, 4) is 0 Å². The fourth-order valence-electron chi connectivity index (χ4n) is 1.28. The molecule has 1 atom stereocenters. The third-order valence-corrected chi connectivity index (χ3v) is 2.95. The molecule has 76 valence electrons. The zero-order valence-electron chi connectivity index (χ0n) is 9.00. The quantitative estimate of drug-likeness (QED) is 0.710. The van der Waals surface area contributed by atoms with Crippen molar-refractivity contribution >= 4 is 0 Å². The van der Waals surface area contributed by atoms with Crippen LogP contribution in [-0.2, 0) is 4.74 Å². The molecule has 0 aromatic heterocycles. The van der Waals surface area contributed by atoms with Crippen LogP contribution < -0.4 is 5.73 Å². The topological polar surface area (TPSA) is 38.5 Å². The maximum atomic E-state index is 6.12. The lowest BCUT2D eigenvalue weighted by molar-refractivity contribution is 0.128. The highest BCUT2D eigenvalue weighted by Gasteiger charge is 2.33. The van der Waals surface area contributed by atoms with Crippen LogP contribution in [0.15, 0.2) is 11.8 Å². The molecule has 0 bridgehead atoms. The van der Waals surface area contributed by atoms with Crippen LogP contribution in [0.3, 0.4) is 0 Å². The third-order valence-electron chi connectivity index (χ3n) is 2.95. The van der Waals surface area contributed by atoms with Crippen molar-refractivity contribution in [2.45, 2.75) is 31.8 Å². The molecular formula is C10H20N2O. The molecule has 1 aliphatic rings. The van der Waals surface area contributed by atoms with Crippen LogP contribution in [0, 0.1) is 0 Å². The Morgan fingerprint density at radius 3 is 2.54 bits per heavy atom. The second-order valence-corrected chi connectivity index (χ2v) is 4.27. The summed E-state index contributed by atoms with van der Waals surface area (Å²) < 4.78 is 5.46. The van der Waals surface area contributed by atoms with Crippen molar-refractivity contribution in [2.75, 3.05) is 20.7 Å². The van der Waals surface area contributed by atoms with Crippen LogP contribution in [0.2, 0.25) is 0 Å². The van der Waals surface area contributed by atoms with Gasteiger partial charge in [0.2, 0.25) is 0 Å². The minimum Gasteiger partial charge on any atom is -0.496 e. The number of rotatable bonds is 3. The number of hydrogen-bond donors (Lipinski definition) is 1. The zero-order valence-corrected chi connectivity index (χ0v) is 9.00. The Balaban J connectivity index is 2.70. The Morgan fingerprint density at radius 1 is 1.54 bits per heavy atom. The van der Waals surface area contributed by atoms with Crippen LogP contribution in [0.25, 0.3) is 0 Å². The average molecular weight is 184 g/mol. The molecule has 3 heteroatoms. The number of ether oxygens (including phenoxy) is 1. The largest absolute Gasteiger partial charge is 0.496 e. The van der Waals surface area contributed by atoms with E-state index in [-0.39, 0.29) is 11.6 Å². The van der Waals surface area contributed by atoms with E-state index in [1.54, 1.807) is 0 Å². The number of hydrogen-bond acceptors (Lipinski definition) is 3. The summed E-state index contributed by atoms with van der Waals surface area (Å²) >= 11 is 0. The molecule has 0 radical (unpaired) electrons. The van der Waals surface area contributed by atoms with Gasteiger partial charge in [0.1, 0.15) is 5.76 Å². The Labute approximate surface area is 80.5 Å². The minimum atomic E-state index is -0.0594. The molecule has 0 amide bonds. The molecule has 2 N–H and O–H groups in total. The molecule has 1 unspecified atom stereocenters. The fourth-order valence-corrected chi connectivity index (χ4v) is 1.28. The smallest absolute Gasteiger partial charge is 0.111 e. The van der Waals surface area contributed by atoms with Gasteiger partial charge < -0.3 is 15.4 Å². The van der Waals surface area contributed by atoms with Crippen LogP contribution in [0.1, 0.15) is 20.3 Å². The summed E-state index contributed by atoms with van der Waals surface area (Å²) in [6.07, 6.45) is 3.09. The highest BCUT2D eigenvalue weighted by atomic mass is 16.5. The SMILES string of the molecule is CN(C)C(C)(C)C(N)C1=CCCO1. The molecule has 0 fully saturated rings. The number of likely N-dealkylation sites (N-methyl/N-ethyl adjacent to an activating group) is 1. The summed E-state index contributed by atoms with van der Waals surface area (Å²) in [6, 6.07) is -0.0370. The van der Waals surface area contributed by atoms with Gasteiger partial charge in [-0.2, -0.15) is 0 Å². The van der Waals surface area contributed by atoms with Gasteiger partial charge in [0, 0.05) is 12.0 Å². The molecule has 1 aliphatic heterocycles. The van der Waals surface area contributed by atoms with E-state index in [0.29, 0.717) is 0 Å². The molecule has 3 nitrogen and oxygen atoms in total. The minimum absolute atomic E-state index is 0.0370. The van der Waals surface area contributed by atoms with Crippen molar-refractivity contribution in [3.05, 3.63) is 11.8 Å². The van der Waals surface area contributed by atoms with E-state index in [2.05, 4.69) is 24.8 Å². The molecule has 0 spiro atoms. The molecule has 0 saturated carbocycles. The fraction of sp³-hybridized carbons (Fsp3) is 0.800. The molecule has 1 heterocycles. The predicted octanol–water partition coefficient (Wildman–Crippen LogP) is 0.958. The van der Waals surface area contributed by atoms with Crippen molar-refractivity contribution < 1.29 is 4.74 Å². The van der Waals surface area contributed by atoms with Crippen molar-refractivity contribution in [2.24, 2.45) is 5.73 Å². The molecule has 0 saturated heterocycles. The summed E-state index contributed by atoms with van der Waals surface area (Å²) in [6.45, 7) is 5.03. The van der Waals surface area contributed by atoms with Crippen LogP contribution in [0.4, 0.5) is 0 Å². The number of nitrogens with zero attached hydrogens (tertiary/aromatic N) is 1. The van der Waals surface area contributed by atoms with Gasteiger partial charge in [0.15, 0.2) is 0 Å². The van der Waals surface area contributed by atoms with Crippen molar-refractivity contribution in [1.82, 2.24) is 4.90 Å². The van der Waals surface area contributed by atoms with E-state index in [1.807, 2.05) is 14.1 Å². The van der Waals surface area contributed by atoms with E-state index in [0.717, 1.165) is 18.8 Å². The predicted molar refractivity (Wildman–Crippen MR) is 54.4 cm³/mol. The number of nitrogens with two attached hydrogens (primary N) is 1. The van der Waals surface area contributed by atoms with Gasteiger partial charge in [-0.1, -0.05) is 0 Å². The summed E-state index contributed by atoms with van der Waals surface area (Å²) in [4.78, 5) is 2.13. The van der Waals surface area contributed by atoms with E-state index in [4.69, 9.17) is 10.5 Å². The summed E-state index contributed by atoms with van der Waals surface area (Å²) in [5.74, 6) is 0.943. The maximum absolute atomic E-state index is 6.12. The lowest BCUT2D eigenvalue weighted by Gasteiger charge is -2.38. The van der Waals surface area contributed by atoms with Crippen LogP contribution >= 0.6 is 0 Å². The van der Waals surface area contributed by atoms with Gasteiger partial charge in [-0.25, -0.2) is 0 Å². The normalized spacial score (nSPS) is 20.0. The molecule has 0 aromatic rings. The molecular weight excluding hydrogens is 164 g/mol. The second kappa shape index (κ2) is 3.68. The van der Waals surface area contributed by atoms with Crippen molar-refractivity contribution in [1.29, 1.82) is 0 Å². The lowest BCUT2D eigenvalue weighted by Crippen LogP contribution is -2.54. The Bertz CT molecular complexity index is 209. The summed E-state index contributed by atoms with van der Waals surface area (Å²) in [5.41, 5.74) is 6.06. The van der Waals surface area contributed by atoms with Gasteiger partial charge >= 0.3 is 0 Å². The Morgan fingerprint density at radius 2 is 2.15 bits per heavy atom. The maximum Gasteiger partial charge on any atom is 0.111 e. The summed E-state index contributed by atoms with van der Waals surface area (Å²) in [7, 11) is 4.07. The zero-order chi connectivity index (χ0) is 10.1. The van der Waals surface area contributed by atoms with Gasteiger partial charge in [-0.15, -0.1) is 0 Å². The lowest BCUT2D eigenvalue weighted by atomic mass is 9.92. The first kappa shape index (κ1) is 10.5. The third kappa shape index (κ3) is 2.03. The first-order valence-corrected chi connectivity index (χ1v) is 4.72. The van der Waals surface area contributed by atoms with E-state index < -0.39 is 0 Å². The second-order valence-electron chi connectivity index (χ2n) is 4.27. The van der Waals surface area contributed by atoms with Gasteiger partial charge in [-0.3, -0.25) is 0 Å². The van der Waals surface area contributed by atoms with E-state index >= 15 is 0 Å². The summed E-state index contributed by atoms with van der Waals surface area (Å²) in [5, 5.41) is 0. The van der Waals surface area contributed by atoms with Crippen LogP contribution in [0.5, 0.6) is 0 Å². The van der Waals surface area contributed by atoms with Crippen molar-refractivity contribution in [3.63, 3.8) is 0 Å². The van der Waals surface area contributed by atoms with E-state index in [1.165, 1.54) is 0 Å². The Kier molecular flexibility index (Phi) is 2.98. The van der Waals surface area contributed by atoms with Gasteiger partial charge in [-0.05, 0) is 34.0 Å². The molecule has 13 heavy (non-hydrogen) atoms. The Hall–Kier alpha value is -0.540. The highest BCUT2D eigenvalue weighted by molar-refractivity contribution is 5.13. The van der Waals surface area contributed by atoms with Gasteiger partial charge in [0.05, 0.1) is 12.6 Å². The highest BCUT2D eigenvalue weighted by Crippen LogP contribution is 2.23. The average Bonchev–Trinajstić information content (AvgIpc) is 2.54. The van der Waals surface area contributed by atoms with Gasteiger partial charge in [0.25, 0.3) is 0 Å². The van der Waals surface area contributed by atoms with E-state index in [9.17, 15) is 0 Å². The molecule has 1 rings (SSSR count). The molecule has 0 aromatic carbocycles. The first-order valence-electron chi connectivity index (χ1n) is 4.72. The monoisotopic (exact) mass is 184 g/mol. The molecule has 0 aliphatic carbocycles.